The number of aromatic hydroxyl groups is 1. The van der Waals surface area contributed by atoms with Crippen molar-refractivity contribution in [2.24, 2.45) is 17.8 Å². The van der Waals surface area contributed by atoms with Crippen LogP contribution < -0.4 is 10.2 Å². The predicted octanol–water partition coefficient (Wildman–Crippen LogP) is 7.26. The van der Waals surface area contributed by atoms with Crippen molar-refractivity contribution in [1.29, 1.82) is 0 Å². The van der Waals surface area contributed by atoms with Gasteiger partial charge in [0.1, 0.15) is 0 Å². The first-order chi connectivity index (χ1) is 21.7. The van der Waals surface area contributed by atoms with Crippen LogP contribution in [0.4, 0.5) is 21.5 Å². The summed E-state index contributed by atoms with van der Waals surface area (Å²) in [4.78, 5) is 29.3. The lowest BCUT2D eigenvalue weighted by Crippen LogP contribution is -2.46. The second-order valence-electron chi connectivity index (χ2n) is 12.4. The number of imide groups is 1. The fourth-order valence-electron chi connectivity index (χ4n) is 7.27. The molecule has 0 unspecified atom stereocenters. The number of carbonyl (C=O) groups is 2. The van der Waals surface area contributed by atoms with E-state index in [-0.39, 0.29) is 35.9 Å². The lowest BCUT2D eigenvalue weighted by molar-refractivity contribution is -0.122. The van der Waals surface area contributed by atoms with E-state index in [0.29, 0.717) is 30.5 Å². The van der Waals surface area contributed by atoms with Gasteiger partial charge in [-0.05, 0) is 105 Å². The second kappa shape index (κ2) is 13.0. The smallest absolute Gasteiger partial charge is 0.455 e. The summed E-state index contributed by atoms with van der Waals surface area (Å²) in [5.41, 5.74) is 6.22. The van der Waals surface area contributed by atoms with E-state index in [9.17, 15) is 24.1 Å². The van der Waals surface area contributed by atoms with E-state index in [1.54, 1.807) is 18.2 Å². The largest absolute Gasteiger partial charge is 0.505 e. The van der Waals surface area contributed by atoms with Gasteiger partial charge < -0.3 is 20.1 Å². The van der Waals surface area contributed by atoms with Crippen molar-refractivity contribution in [2.75, 3.05) is 10.2 Å². The van der Waals surface area contributed by atoms with Crippen LogP contribution in [0.3, 0.4) is 0 Å². The lowest BCUT2D eigenvalue weighted by Gasteiger charge is -2.43. The predicted molar refractivity (Wildman–Crippen MR) is 174 cm³/mol. The zero-order chi connectivity index (χ0) is 31.7. The molecule has 0 radical (unpaired) electrons. The van der Waals surface area contributed by atoms with Gasteiger partial charge in [-0.1, -0.05) is 54.8 Å². The Bertz CT molecular complexity index is 1640. The zero-order valence-electron chi connectivity index (χ0n) is 25.6. The Labute approximate surface area is 263 Å². The standard InChI is InChI=1S/C36H38BFN2O5/c1-3-7-24-20-28-34(36(43)40(35(28)42)27-14-12-26(13-15-27)39-25-8-5-4-6-9-25)29-21-37(44)45-32(33(24)29)17-10-22(2)18-23-11-16-31(41)30(38)19-23/h4-6,8-9,11-16,18-19,28-29,32,34,39,41,44H,3,7,10,17,20-21H2,1-2H3/b22-18+/t28-,29+,32-,34-/m1/s1. The third kappa shape index (κ3) is 6.33. The normalized spacial score (nSPS) is 23.3. The summed E-state index contributed by atoms with van der Waals surface area (Å²) in [6.07, 6.45) is 5.17. The minimum Gasteiger partial charge on any atom is -0.505 e. The van der Waals surface area contributed by atoms with Gasteiger partial charge in [-0.15, -0.1) is 0 Å². The van der Waals surface area contributed by atoms with Gasteiger partial charge in [0.15, 0.2) is 11.6 Å². The highest BCUT2D eigenvalue weighted by atomic mass is 19.1. The van der Waals surface area contributed by atoms with Crippen molar-refractivity contribution >= 4 is 42.1 Å². The van der Waals surface area contributed by atoms with Gasteiger partial charge in [0, 0.05) is 11.4 Å². The maximum atomic E-state index is 14.1. The van der Waals surface area contributed by atoms with E-state index in [0.717, 1.165) is 40.9 Å². The Morgan fingerprint density at radius 2 is 1.78 bits per heavy atom. The number of anilines is 3. The van der Waals surface area contributed by atoms with Crippen molar-refractivity contribution in [3.8, 4) is 5.75 Å². The average Bonchev–Trinajstić information content (AvgIpc) is 3.27. The number of hydrogen-bond donors (Lipinski definition) is 3. The molecule has 2 heterocycles. The van der Waals surface area contributed by atoms with Gasteiger partial charge in [-0.3, -0.25) is 14.5 Å². The molecule has 0 saturated carbocycles. The summed E-state index contributed by atoms with van der Waals surface area (Å²) in [5.74, 6) is -2.75. The molecule has 2 fully saturated rings. The Morgan fingerprint density at radius 1 is 1.04 bits per heavy atom. The number of rotatable bonds is 9. The van der Waals surface area contributed by atoms with E-state index >= 15 is 0 Å². The SMILES string of the molecule is CCCC1=C2[C@@H](CC/C(C)=C/c3ccc(O)c(F)c3)OB(O)C[C@@H]2[C@@H]2C(=O)N(c3ccc(Nc4ccccc4)cc3)C(=O)[C@@H]2C1. The third-order valence-electron chi connectivity index (χ3n) is 9.23. The van der Waals surface area contributed by atoms with Gasteiger partial charge in [0.05, 0.1) is 23.6 Å². The summed E-state index contributed by atoms with van der Waals surface area (Å²) >= 11 is 0. The Morgan fingerprint density at radius 3 is 2.49 bits per heavy atom. The van der Waals surface area contributed by atoms with Crippen LogP contribution in [0.5, 0.6) is 5.75 Å². The van der Waals surface area contributed by atoms with Crippen LogP contribution >= 0.6 is 0 Å². The van der Waals surface area contributed by atoms with Crippen LogP contribution in [0.2, 0.25) is 6.32 Å². The van der Waals surface area contributed by atoms with E-state index in [1.165, 1.54) is 17.0 Å². The molecule has 0 bridgehead atoms. The zero-order valence-corrected chi connectivity index (χ0v) is 25.6. The highest BCUT2D eigenvalue weighted by Crippen LogP contribution is 2.52. The van der Waals surface area contributed by atoms with Gasteiger partial charge in [0.2, 0.25) is 11.8 Å². The van der Waals surface area contributed by atoms with Crippen LogP contribution in [0, 0.1) is 23.6 Å². The molecular weight excluding hydrogens is 570 g/mol. The van der Waals surface area contributed by atoms with Crippen LogP contribution in [0.25, 0.3) is 6.08 Å². The highest BCUT2D eigenvalue weighted by Gasteiger charge is 2.57. The molecule has 0 spiro atoms. The molecule has 0 aromatic heterocycles. The average molecular weight is 609 g/mol. The molecule has 6 rings (SSSR count). The molecule has 9 heteroatoms. The fraction of sp³-hybridized carbons (Fsp3) is 0.333. The van der Waals surface area contributed by atoms with Crippen molar-refractivity contribution in [3.05, 3.63) is 101 Å². The highest BCUT2D eigenvalue weighted by molar-refractivity contribution is 6.43. The molecule has 2 aliphatic heterocycles. The molecule has 3 aromatic rings. The Hall–Kier alpha value is -4.21. The van der Waals surface area contributed by atoms with E-state index in [2.05, 4.69) is 12.2 Å². The Balaban J connectivity index is 1.23. The number of benzene rings is 3. The van der Waals surface area contributed by atoms with E-state index in [1.807, 2.05) is 55.5 Å². The van der Waals surface area contributed by atoms with Gasteiger partial charge in [-0.25, -0.2) is 4.39 Å². The Kier molecular flexibility index (Phi) is 8.92. The molecule has 3 aliphatic rings. The van der Waals surface area contributed by atoms with Crippen molar-refractivity contribution < 1.29 is 28.8 Å². The first-order valence-corrected chi connectivity index (χ1v) is 15.7. The summed E-state index contributed by atoms with van der Waals surface area (Å²) in [6.45, 7) is 4.06. The van der Waals surface area contributed by atoms with Crippen LogP contribution in [-0.2, 0) is 14.2 Å². The molecule has 2 amide bonds. The van der Waals surface area contributed by atoms with Crippen molar-refractivity contribution in [3.63, 3.8) is 0 Å². The van der Waals surface area contributed by atoms with Gasteiger partial charge in [-0.2, -0.15) is 0 Å². The van der Waals surface area contributed by atoms with E-state index < -0.39 is 24.8 Å². The number of amides is 2. The number of hydrogen-bond acceptors (Lipinski definition) is 6. The number of para-hydroxylation sites is 1. The van der Waals surface area contributed by atoms with Crippen LogP contribution in [0.15, 0.2) is 89.5 Å². The number of phenolic OH excluding ortho intramolecular Hbond substituents is 1. The molecule has 3 aromatic carbocycles. The molecule has 4 atom stereocenters. The molecule has 1 aliphatic carbocycles. The summed E-state index contributed by atoms with van der Waals surface area (Å²) < 4.78 is 20.0. The molecular formula is C36H38BFN2O5. The molecule has 2 saturated heterocycles. The van der Waals surface area contributed by atoms with Crippen molar-refractivity contribution in [1.82, 2.24) is 0 Å². The maximum Gasteiger partial charge on any atom is 0.455 e. The quantitative estimate of drug-likeness (QED) is 0.134. The minimum absolute atomic E-state index is 0.182. The number of fused-ring (bicyclic) bond motifs is 3. The number of phenols is 1. The number of carbonyl (C=O) groups excluding carboxylic acids is 2. The topological polar surface area (TPSA) is 99.1 Å². The minimum atomic E-state index is -1.04. The molecule has 7 nitrogen and oxygen atoms in total. The van der Waals surface area contributed by atoms with Gasteiger partial charge in [0.25, 0.3) is 0 Å². The fourth-order valence-corrected chi connectivity index (χ4v) is 7.27. The number of nitrogens with zero attached hydrogens (tertiary/aromatic N) is 1. The number of halogens is 1. The van der Waals surface area contributed by atoms with Crippen molar-refractivity contribution in [2.45, 2.75) is 58.4 Å². The second-order valence-corrected chi connectivity index (χ2v) is 12.4. The molecule has 3 N–H and O–H groups in total. The maximum absolute atomic E-state index is 14.1. The molecule has 232 valence electrons. The monoisotopic (exact) mass is 608 g/mol. The van der Waals surface area contributed by atoms with Crippen LogP contribution in [-0.4, -0.2) is 35.2 Å². The first-order valence-electron chi connectivity index (χ1n) is 15.7. The summed E-state index contributed by atoms with van der Waals surface area (Å²) in [6, 6.07) is 21.4. The lowest BCUT2D eigenvalue weighted by atomic mass is 9.58. The van der Waals surface area contributed by atoms with E-state index in [4.69, 9.17) is 4.65 Å². The third-order valence-corrected chi connectivity index (χ3v) is 9.23. The number of nitrogens with one attached hydrogen (secondary N) is 1. The number of allylic oxidation sites excluding steroid dienone is 2. The molecule has 45 heavy (non-hydrogen) atoms. The summed E-state index contributed by atoms with van der Waals surface area (Å²) in [7, 11) is -1.04. The first kappa shape index (κ1) is 30.8. The summed E-state index contributed by atoms with van der Waals surface area (Å²) in [5, 5.41) is 23.7. The van der Waals surface area contributed by atoms with Gasteiger partial charge >= 0.3 is 7.12 Å². The van der Waals surface area contributed by atoms with Crippen LogP contribution in [0.1, 0.15) is 51.5 Å².